The Hall–Kier alpha value is -1.95. The zero-order valence-corrected chi connectivity index (χ0v) is 11.3. The Morgan fingerprint density at radius 3 is 2.62 bits per heavy atom. The fourth-order valence-corrected chi connectivity index (χ4v) is 1.98. The first-order valence-electron chi connectivity index (χ1n) is 6.37. The van der Waals surface area contributed by atoms with Gasteiger partial charge in [-0.25, -0.2) is 4.39 Å². The van der Waals surface area contributed by atoms with Crippen LogP contribution in [0.3, 0.4) is 0 Å². The third-order valence-electron chi connectivity index (χ3n) is 3.16. The van der Waals surface area contributed by atoms with E-state index >= 15 is 0 Å². The molecule has 0 spiro atoms. The predicted molar refractivity (Wildman–Crippen MR) is 70.9 cm³/mol. The van der Waals surface area contributed by atoms with E-state index in [1.54, 1.807) is 18.5 Å². The first kappa shape index (κ1) is 15.4. The zero-order valence-electron chi connectivity index (χ0n) is 11.3. The van der Waals surface area contributed by atoms with Crippen LogP contribution in [-0.4, -0.2) is 4.98 Å². The molecule has 6 heteroatoms. The molecule has 0 radical (unpaired) electrons. The maximum absolute atomic E-state index is 13.0. The molecule has 0 saturated carbocycles. The van der Waals surface area contributed by atoms with Crippen molar-refractivity contribution in [3.8, 4) is 0 Å². The summed E-state index contributed by atoms with van der Waals surface area (Å²) in [5.41, 5.74) is -0.0683. The van der Waals surface area contributed by atoms with Gasteiger partial charge in [0.2, 0.25) is 0 Å². The normalized spacial score (nSPS) is 13.2. The van der Waals surface area contributed by atoms with Gasteiger partial charge in [-0.1, -0.05) is 12.1 Å². The van der Waals surface area contributed by atoms with Crippen LogP contribution in [0.15, 0.2) is 42.7 Å². The summed E-state index contributed by atoms with van der Waals surface area (Å²) in [5, 5.41) is 2.98. The van der Waals surface area contributed by atoms with E-state index in [1.807, 2.05) is 13.0 Å². The summed E-state index contributed by atoms with van der Waals surface area (Å²) in [6.07, 6.45) is -1.30. The van der Waals surface area contributed by atoms with Gasteiger partial charge in [-0.3, -0.25) is 4.98 Å². The van der Waals surface area contributed by atoms with Crippen LogP contribution in [0.5, 0.6) is 0 Å². The predicted octanol–water partition coefficient (Wildman–Crippen LogP) is 4.09. The van der Waals surface area contributed by atoms with E-state index in [-0.39, 0.29) is 18.2 Å². The first-order valence-corrected chi connectivity index (χ1v) is 6.37. The molecule has 2 nitrogen and oxygen atoms in total. The van der Waals surface area contributed by atoms with E-state index in [2.05, 4.69) is 10.3 Å². The van der Waals surface area contributed by atoms with Crippen molar-refractivity contribution in [2.24, 2.45) is 0 Å². The van der Waals surface area contributed by atoms with Crippen LogP contribution < -0.4 is 5.32 Å². The Bertz CT molecular complexity index is 596. The Kier molecular flexibility index (Phi) is 4.57. The number of benzene rings is 1. The van der Waals surface area contributed by atoms with Gasteiger partial charge in [0.15, 0.2) is 0 Å². The molecule has 1 N–H and O–H groups in total. The van der Waals surface area contributed by atoms with Gasteiger partial charge in [0.05, 0.1) is 5.56 Å². The van der Waals surface area contributed by atoms with Crippen LogP contribution in [0.2, 0.25) is 0 Å². The van der Waals surface area contributed by atoms with Crippen LogP contribution in [0.1, 0.15) is 29.7 Å². The lowest BCUT2D eigenvalue weighted by atomic mass is 10.1. The summed E-state index contributed by atoms with van der Waals surface area (Å²) in [4.78, 5) is 3.96. The molecule has 0 aliphatic rings. The highest BCUT2D eigenvalue weighted by molar-refractivity contribution is 5.30. The number of hydrogen-bond acceptors (Lipinski definition) is 2. The van der Waals surface area contributed by atoms with Crippen molar-refractivity contribution in [1.29, 1.82) is 0 Å². The summed E-state index contributed by atoms with van der Waals surface area (Å²) in [5.74, 6) is -0.897. The topological polar surface area (TPSA) is 24.9 Å². The quantitative estimate of drug-likeness (QED) is 0.860. The number of alkyl halides is 3. The smallest absolute Gasteiger partial charge is 0.306 e. The number of pyridine rings is 1. The molecule has 0 unspecified atom stereocenters. The molecule has 0 amide bonds. The fourth-order valence-electron chi connectivity index (χ4n) is 1.98. The van der Waals surface area contributed by atoms with Gasteiger partial charge in [-0.2, -0.15) is 13.2 Å². The number of rotatable bonds is 4. The molecule has 1 heterocycles. The molecule has 1 aromatic carbocycles. The molecule has 1 atom stereocenters. The molecule has 0 aliphatic carbocycles. The van der Waals surface area contributed by atoms with E-state index in [9.17, 15) is 17.6 Å². The maximum Gasteiger partial charge on any atom is 0.416 e. The van der Waals surface area contributed by atoms with Crippen molar-refractivity contribution in [2.75, 3.05) is 0 Å². The van der Waals surface area contributed by atoms with Crippen LogP contribution in [-0.2, 0) is 12.7 Å². The van der Waals surface area contributed by atoms with Gasteiger partial charge in [0, 0.05) is 25.0 Å². The molecule has 1 aromatic heterocycles. The number of nitrogens with one attached hydrogen (secondary N) is 1. The van der Waals surface area contributed by atoms with E-state index in [1.165, 1.54) is 0 Å². The number of halogens is 4. The van der Waals surface area contributed by atoms with Crippen LogP contribution in [0.25, 0.3) is 0 Å². The lowest BCUT2D eigenvalue weighted by Gasteiger charge is -2.17. The van der Waals surface area contributed by atoms with Gasteiger partial charge in [-0.15, -0.1) is 0 Å². The molecule has 2 aromatic rings. The van der Waals surface area contributed by atoms with Crippen molar-refractivity contribution in [3.63, 3.8) is 0 Å². The Balaban J connectivity index is 2.14. The SMILES string of the molecule is C[C@@H](NCc1ccc(F)cc1C(F)(F)F)c1cccnc1. The van der Waals surface area contributed by atoms with Gasteiger partial charge in [-0.05, 0) is 36.2 Å². The highest BCUT2D eigenvalue weighted by atomic mass is 19.4. The summed E-state index contributed by atoms with van der Waals surface area (Å²) in [6, 6.07) is 6.13. The van der Waals surface area contributed by atoms with Gasteiger partial charge < -0.3 is 5.32 Å². The van der Waals surface area contributed by atoms with Crippen LogP contribution in [0.4, 0.5) is 17.6 Å². The molecule has 0 saturated heterocycles. The van der Waals surface area contributed by atoms with E-state index < -0.39 is 17.6 Å². The second kappa shape index (κ2) is 6.22. The van der Waals surface area contributed by atoms with Crippen LogP contribution in [0, 0.1) is 5.82 Å². The molecule has 0 aliphatic heterocycles. The second-order valence-electron chi connectivity index (χ2n) is 4.69. The summed E-state index contributed by atoms with van der Waals surface area (Å²) in [6.45, 7) is 1.82. The highest BCUT2D eigenvalue weighted by Gasteiger charge is 2.33. The Morgan fingerprint density at radius 2 is 2.00 bits per heavy atom. The maximum atomic E-state index is 13.0. The van der Waals surface area contributed by atoms with Gasteiger partial charge in [0.1, 0.15) is 5.82 Å². The summed E-state index contributed by atoms with van der Waals surface area (Å²) in [7, 11) is 0. The second-order valence-corrected chi connectivity index (χ2v) is 4.69. The van der Waals surface area contributed by atoms with Gasteiger partial charge >= 0.3 is 6.18 Å². The number of nitrogens with zero attached hydrogens (tertiary/aromatic N) is 1. The van der Waals surface area contributed by atoms with Crippen molar-refractivity contribution in [1.82, 2.24) is 10.3 Å². The van der Waals surface area contributed by atoms with Crippen molar-refractivity contribution in [2.45, 2.75) is 25.7 Å². The molecular weight excluding hydrogens is 284 g/mol. The monoisotopic (exact) mass is 298 g/mol. The van der Waals surface area contributed by atoms with Gasteiger partial charge in [0.25, 0.3) is 0 Å². The Labute approximate surface area is 119 Å². The largest absolute Gasteiger partial charge is 0.416 e. The standard InChI is InChI=1S/C15H14F4N2/c1-10(11-3-2-6-20-8-11)21-9-12-4-5-13(16)7-14(12)15(17,18)19/h2-8,10,21H,9H2,1H3/t10-/m1/s1. The van der Waals surface area contributed by atoms with E-state index in [4.69, 9.17) is 0 Å². The van der Waals surface area contributed by atoms with E-state index in [0.717, 1.165) is 17.7 Å². The lowest BCUT2D eigenvalue weighted by molar-refractivity contribution is -0.138. The lowest BCUT2D eigenvalue weighted by Crippen LogP contribution is -2.21. The minimum atomic E-state index is -4.57. The van der Waals surface area contributed by atoms with Crippen molar-refractivity contribution >= 4 is 0 Å². The third-order valence-corrected chi connectivity index (χ3v) is 3.16. The first-order chi connectivity index (χ1) is 9.88. The highest BCUT2D eigenvalue weighted by Crippen LogP contribution is 2.32. The average molecular weight is 298 g/mol. The van der Waals surface area contributed by atoms with Crippen molar-refractivity contribution < 1.29 is 17.6 Å². The number of hydrogen-bond donors (Lipinski definition) is 1. The minimum Gasteiger partial charge on any atom is -0.306 e. The molecule has 21 heavy (non-hydrogen) atoms. The summed E-state index contributed by atoms with van der Waals surface area (Å²) < 4.78 is 51.6. The Morgan fingerprint density at radius 1 is 1.24 bits per heavy atom. The molecular formula is C15H14F4N2. The van der Waals surface area contributed by atoms with E-state index in [0.29, 0.717) is 6.07 Å². The fraction of sp³-hybridized carbons (Fsp3) is 0.267. The van der Waals surface area contributed by atoms with Crippen LogP contribution >= 0.6 is 0 Å². The molecule has 0 fully saturated rings. The third kappa shape index (κ3) is 4.01. The average Bonchev–Trinajstić information content (AvgIpc) is 2.45. The van der Waals surface area contributed by atoms with Crippen molar-refractivity contribution in [3.05, 3.63) is 65.2 Å². The summed E-state index contributed by atoms with van der Waals surface area (Å²) >= 11 is 0. The minimum absolute atomic E-state index is 0.00875. The number of aromatic nitrogens is 1. The molecule has 2 rings (SSSR count). The zero-order chi connectivity index (χ0) is 15.5. The molecule has 0 bridgehead atoms. The molecule has 112 valence electrons.